The molecule has 93 heavy (non-hydrogen) atoms. The Bertz CT molecular complexity index is 4700. The fourth-order valence-electron chi connectivity index (χ4n) is 14.3. The number of oxazole rings is 1. The van der Waals surface area contributed by atoms with Crippen molar-refractivity contribution in [3.8, 4) is 45.9 Å². The molecule has 10 aromatic carbocycles. The molecule has 1 aliphatic heterocycles. The minimum Gasteiger partial charge on any atom is -0.439 e. The van der Waals surface area contributed by atoms with E-state index < -0.39 is 6.15 Å². The number of allylic oxidation sites excluding steroid dienone is 2. The lowest BCUT2D eigenvalue weighted by atomic mass is 9.26. The first kappa shape index (κ1) is 61.0. The van der Waals surface area contributed by atoms with Gasteiger partial charge in [0.05, 0.1) is 11.4 Å². The van der Waals surface area contributed by atoms with Gasteiger partial charge < -0.3 is 23.9 Å². The summed E-state index contributed by atoms with van der Waals surface area (Å²) in [6.45, 7) is 15.6. The number of hydrogen-bond acceptors (Lipinski definition) is 8. The minimum absolute atomic E-state index is 0.227. The second-order valence-electron chi connectivity index (χ2n) is 25.7. The molecule has 0 atom stereocenters. The van der Waals surface area contributed by atoms with Gasteiger partial charge in [-0.2, -0.15) is 4.57 Å². The summed E-state index contributed by atoms with van der Waals surface area (Å²) in [6, 6.07) is 80.9. The van der Waals surface area contributed by atoms with Gasteiger partial charge in [-0.05, 0) is 192 Å². The predicted molar refractivity (Wildman–Crippen MR) is 382 cm³/mol. The van der Waals surface area contributed by atoms with E-state index in [-0.39, 0.29) is 10.8 Å². The van der Waals surface area contributed by atoms with Gasteiger partial charge in [0.1, 0.15) is 6.54 Å². The van der Waals surface area contributed by atoms with Crippen molar-refractivity contribution in [2.24, 2.45) is 0 Å². The minimum atomic E-state index is -2.23. The molecule has 0 spiro atoms. The summed E-state index contributed by atoms with van der Waals surface area (Å²) in [4.78, 5) is 6.97. The average molecular weight is 1210 g/mol. The summed E-state index contributed by atoms with van der Waals surface area (Å²) >= 11 is 0. The number of nitrogens with zero attached hydrogens (tertiary/aromatic N) is 7. The van der Waals surface area contributed by atoms with E-state index in [9.17, 15) is 15.8 Å². The number of anilines is 7. The average Bonchev–Trinajstić information content (AvgIpc) is 1.54. The topological polar surface area (TPSA) is 107 Å². The molecule has 458 valence electrons. The van der Waals surface area contributed by atoms with Gasteiger partial charge in [0.2, 0.25) is 5.58 Å². The number of ether oxygens (including phenoxy) is 1. The van der Waals surface area contributed by atoms with Crippen LogP contribution >= 0.6 is 0 Å². The highest BCUT2D eigenvalue weighted by Gasteiger charge is 2.43. The van der Waals surface area contributed by atoms with Gasteiger partial charge >= 0.3 is 5.89 Å². The largest absolute Gasteiger partial charge is 0.439 e. The van der Waals surface area contributed by atoms with Gasteiger partial charge in [-0.1, -0.05) is 174 Å². The standard InChI is InChI=1S/C61H53BN5.C22H23N2O2/c1-60(2)54-36-48(66(44-21-11-7-12-22-44)45-23-13-8-14-24-45)33-34-49(54)52-37-56-53(38-55(52)60)59-51-28-18-17-27-50(51)58(39-57(59)61(56,3)4)67(46-25-15-9-16-26-46)47-31-29-43(30-32-47)20-10-5-6-19-35-62(40-63,41-64)42-65;1-3-23-17-11-5-7-13-19(17)25-21(23)15-9-10-16-22-24(4-2)18-12-6-8-14-20(18)26-22/h7-9,11-18,21-34,36-39H,5-6,10,19-20,35H2,1-4H3;5-9,11-16H,3-4,10H2,1-2H3/q-1;+1. The van der Waals surface area contributed by atoms with E-state index in [4.69, 9.17) is 9.15 Å². The van der Waals surface area contributed by atoms with Crippen LogP contribution < -0.4 is 24.0 Å². The van der Waals surface area contributed by atoms with Crippen molar-refractivity contribution in [2.45, 2.75) is 104 Å². The fourth-order valence-corrected chi connectivity index (χ4v) is 14.3. The van der Waals surface area contributed by atoms with Crippen molar-refractivity contribution in [1.82, 2.24) is 0 Å². The molecule has 9 nitrogen and oxygen atoms in total. The molecule has 14 rings (SSSR count). The van der Waals surface area contributed by atoms with E-state index in [1.807, 2.05) is 60.4 Å². The Morgan fingerprint density at radius 1 is 0.527 bits per heavy atom. The van der Waals surface area contributed by atoms with Crippen molar-refractivity contribution in [2.75, 3.05) is 21.2 Å². The summed E-state index contributed by atoms with van der Waals surface area (Å²) in [5, 5.41) is 30.5. The lowest BCUT2D eigenvalue weighted by Gasteiger charge is -2.30. The highest BCUT2D eigenvalue weighted by molar-refractivity contribution is 6.99. The first-order valence-electron chi connectivity index (χ1n) is 32.9. The van der Waals surface area contributed by atoms with Gasteiger partial charge in [0, 0.05) is 63.3 Å². The van der Waals surface area contributed by atoms with E-state index in [1.165, 1.54) is 60.8 Å². The lowest BCUT2D eigenvalue weighted by molar-refractivity contribution is -0.674. The Labute approximate surface area is 547 Å². The molecule has 2 aliphatic carbocycles. The Balaban J connectivity index is 0.000000252. The van der Waals surface area contributed by atoms with Gasteiger partial charge in [0.15, 0.2) is 11.6 Å². The Kier molecular flexibility index (Phi) is 16.9. The van der Waals surface area contributed by atoms with Crippen LogP contribution in [0.3, 0.4) is 0 Å². The van der Waals surface area contributed by atoms with Crippen LogP contribution in [0.25, 0.3) is 50.2 Å². The number of benzene rings is 10. The quantitative estimate of drug-likeness (QED) is 0.0475. The van der Waals surface area contributed by atoms with Gasteiger partial charge in [0.25, 0.3) is 11.7 Å². The second kappa shape index (κ2) is 25.8. The van der Waals surface area contributed by atoms with Crippen molar-refractivity contribution in [3.05, 3.63) is 276 Å². The zero-order valence-corrected chi connectivity index (χ0v) is 54.0. The highest BCUT2D eigenvalue weighted by atomic mass is 16.5. The van der Waals surface area contributed by atoms with Crippen LogP contribution in [-0.2, 0) is 23.8 Å². The Morgan fingerprint density at radius 2 is 1.09 bits per heavy atom. The van der Waals surface area contributed by atoms with E-state index >= 15 is 0 Å². The number of rotatable bonds is 18. The van der Waals surface area contributed by atoms with E-state index in [0.29, 0.717) is 6.32 Å². The molecule has 1 aromatic heterocycles. The second-order valence-corrected chi connectivity index (χ2v) is 25.7. The van der Waals surface area contributed by atoms with Gasteiger partial charge in [-0.25, -0.2) is 15.8 Å². The number of para-hydroxylation sites is 7. The third kappa shape index (κ3) is 11.4. The highest BCUT2D eigenvalue weighted by Crippen LogP contribution is 2.59. The van der Waals surface area contributed by atoms with Crippen LogP contribution in [0.5, 0.6) is 5.75 Å². The van der Waals surface area contributed by atoms with Crippen molar-refractivity contribution >= 4 is 73.9 Å². The molecular formula is C83H76BN7O2. The molecule has 0 saturated heterocycles. The summed E-state index contributed by atoms with van der Waals surface area (Å²) in [5.41, 5.74) is 21.4. The van der Waals surface area contributed by atoms with Crippen molar-refractivity contribution < 1.29 is 13.7 Å². The Hall–Kier alpha value is -10.9. The van der Waals surface area contributed by atoms with Crippen LogP contribution in [0.4, 0.5) is 39.8 Å². The zero-order chi connectivity index (χ0) is 64.3. The number of hydrogen-bond donors (Lipinski definition) is 0. The molecule has 0 unspecified atom stereocenters. The smallest absolute Gasteiger partial charge is 0.373 e. The molecule has 3 aliphatic rings. The maximum atomic E-state index is 9.36. The number of nitriles is 3. The van der Waals surface area contributed by atoms with Crippen LogP contribution in [0.15, 0.2) is 247 Å². The lowest BCUT2D eigenvalue weighted by Crippen LogP contribution is -2.33. The number of fused-ring (bicyclic) bond motifs is 10. The number of aryl methyl sites for hydroxylation is 2. The molecule has 0 amide bonds. The van der Waals surface area contributed by atoms with Crippen molar-refractivity contribution in [3.63, 3.8) is 0 Å². The van der Waals surface area contributed by atoms with E-state index in [1.54, 1.807) is 0 Å². The maximum Gasteiger partial charge on any atom is 0.373 e. The van der Waals surface area contributed by atoms with Crippen LogP contribution in [-0.4, -0.2) is 12.7 Å². The Morgan fingerprint density at radius 3 is 1.76 bits per heavy atom. The van der Waals surface area contributed by atoms with Crippen LogP contribution in [0.1, 0.15) is 107 Å². The third-order valence-electron chi connectivity index (χ3n) is 19.3. The van der Waals surface area contributed by atoms with Crippen LogP contribution in [0.2, 0.25) is 6.32 Å². The van der Waals surface area contributed by atoms with Gasteiger partial charge in [-0.15, -0.1) is 24.2 Å². The molecule has 10 heteroatoms. The summed E-state index contributed by atoms with van der Waals surface area (Å²) in [7, 11) is 0. The van der Waals surface area contributed by atoms with E-state index in [2.05, 4.69) is 261 Å². The first-order valence-corrected chi connectivity index (χ1v) is 32.9. The summed E-state index contributed by atoms with van der Waals surface area (Å²) in [5.74, 6) is 8.57. The normalized spacial score (nSPS) is 14.1. The van der Waals surface area contributed by atoms with Gasteiger partial charge in [-0.3, -0.25) is 0 Å². The number of unbranched alkanes of at least 4 members (excludes halogenated alkanes) is 3. The summed E-state index contributed by atoms with van der Waals surface area (Å²) < 4.78 is 14.1. The molecule has 0 radical (unpaired) electrons. The SMILES string of the molecule is CC1(C)c2cc(N(c3ccccc3)c3ccccc3)ccc2-c2cc3c(cc21)-c1c(cc(N(c2ccccc2)c2ccc(CCCCCC[B-](C#N)(C#N)C#N)cc2)c2ccccc12)C3(C)C.CCN1C(=CCC=Cc2oc3ccccc3[n+]2CC)Oc2ccccc21. The third-order valence-corrected chi connectivity index (χ3v) is 19.3. The maximum absolute atomic E-state index is 9.36. The zero-order valence-electron chi connectivity index (χ0n) is 54.0. The molecule has 0 N–H and O–H groups in total. The molecule has 0 saturated carbocycles. The van der Waals surface area contributed by atoms with Crippen molar-refractivity contribution in [1.29, 1.82) is 15.8 Å². The first-order chi connectivity index (χ1) is 45.4. The fraction of sp³-hybridized carbons (Fsp3) is 0.205. The predicted octanol–water partition coefficient (Wildman–Crippen LogP) is 21.0. The number of aromatic nitrogens is 1. The monoisotopic (exact) mass is 1210 g/mol. The molecular weight excluding hydrogens is 1140 g/mol. The van der Waals surface area contributed by atoms with Crippen LogP contribution in [0, 0.1) is 33.7 Å². The van der Waals surface area contributed by atoms with E-state index in [0.717, 1.165) is 120 Å². The molecule has 11 aromatic rings. The summed E-state index contributed by atoms with van der Waals surface area (Å²) in [6.07, 6.45) is 9.71. The molecule has 0 fully saturated rings. The molecule has 2 heterocycles. The molecule has 0 bridgehead atoms.